The van der Waals surface area contributed by atoms with Crippen molar-refractivity contribution in [3.05, 3.63) is 71.0 Å². The molecule has 2 rings (SSSR count). The first-order chi connectivity index (χ1) is 10.0. The lowest BCUT2D eigenvalue weighted by Gasteiger charge is -2.38. The zero-order valence-electron chi connectivity index (χ0n) is 13.1. The van der Waals surface area contributed by atoms with Crippen molar-refractivity contribution in [3.8, 4) is 0 Å². The molecule has 21 heavy (non-hydrogen) atoms. The molecule has 0 aliphatic heterocycles. The van der Waals surface area contributed by atoms with Crippen molar-refractivity contribution in [1.82, 2.24) is 0 Å². The van der Waals surface area contributed by atoms with Crippen LogP contribution in [0.3, 0.4) is 0 Å². The second-order valence-electron chi connectivity index (χ2n) is 5.77. The number of halogens is 1. The Morgan fingerprint density at radius 2 is 1.67 bits per heavy atom. The van der Waals surface area contributed by atoms with Gasteiger partial charge in [0.15, 0.2) is 0 Å². The summed E-state index contributed by atoms with van der Waals surface area (Å²) in [4.78, 5) is 0. The second kappa shape index (κ2) is 6.40. The zero-order valence-corrected chi connectivity index (χ0v) is 13.1. The van der Waals surface area contributed by atoms with Crippen LogP contribution in [0.4, 0.5) is 4.39 Å². The molecule has 2 N–H and O–H groups in total. The molecule has 0 saturated carbocycles. The SMILES string of the molecule is CCC(CC)(c1ccccc1)C(N)c1cc(C)cc(F)c1. The first kappa shape index (κ1) is 15.7. The highest BCUT2D eigenvalue weighted by atomic mass is 19.1. The second-order valence-corrected chi connectivity index (χ2v) is 5.77. The molecule has 0 spiro atoms. The Bertz CT molecular complexity index is 568. The van der Waals surface area contributed by atoms with E-state index in [1.54, 1.807) is 6.07 Å². The van der Waals surface area contributed by atoms with Gasteiger partial charge in [-0.25, -0.2) is 4.39 Å². The number of hydrogen-bond donors (Lipinski definition) is 1. The summed E-state index contributed by atoms with van der Waals surface area (Å²) in [5.74, 6) is -0.213. The molecular weight excluding hydrogens is 261 g/mol. The van der Waals surface area contributed by atoms with Crippen LogP contribution in [0.15, 0.2) is 48.5 Å². The minimum atomic E-state index is -0.218. The number of aryl methyl sites for hydroxylation is 1. The van der Waals surface area contributed by atoms with Gasteiger partial charge < -0.3 is 5.73 Å². The van der Waals surface area contributed by atoms with Gasteiger partial charge in [-0.3, -0.25) is 0 Å². The molecule has 1 unspecified atom stereocenters. The number of nitrogens with two attached hydrogens (primary N) is 1. The van der Waals surface area contributed by atoms with Crippen LogP contribution in [0.25, 0.3) is 0 Å². The van der Waals surface area contributed by atoms with E-state index < -0.39 is 0 Å². The van der Waals surface area contributed by atoms with Crippen LogP contribution < -0.4 is 5.73 Å². The molecule has 2 aromatic rings. The van der Waals surface area contributed by atoms with E-state index >= 15 is 0 Å². The van der Waals surface area contributed by atoms with Gasteiger partial charge in [0.1, 0.15) is 5.82 Å². The van der Waals surface area contributed by atoms with Gasteiger partial charge in [-0.05, 0) is 48.6 Å². The van der Waals surface area contributed by atoms with Gasteiger partial charge in [0.2, 0.25) is 0 Å². The molecule has 1 nitrogen and oxygen atoms in total. The molecule has 0 radical (unpaired) electrons. The van der Waals surface area contributed by atoms with E-state index in [0.29, 0.717) is 0 Å². The van der Waals surface area contributed by atoms with Crippen LogP contribution >= 0.6 is 0 Å². The Morgan fingerprint density at radius 1 is 1.05 bits per heavy atom. The topological polar surface area (TPSA) is 26.0 Å². The highest BCUT2D eigenvalue weighted by Gasteiger charge is 2.36. The van der Waals surface area contributed by atoms with Crippen LogP contribution in [-0.4, -0.2) is 0 Å². The van der Waals surface area contributed by atoms with Crippen molar-refractivity contribution in [2.24, 2.45) is 5.73 Å². The number of hydrogen-bond acceptors (Lipinski definition) is 1. The summed E-state index contributed by atoms with van der Waals surface area (Å²) in [5, 5.41) is 0. The molecule has 0 aromatic heterocycles. The summed E-state index contributed by atoms with van der Waals surface area (Å²) in [5.41, 5.74) is 9.45. The largest absolute Gasteiger partial charge is 0.323 e. The van der Waals surface area contributed by atoms with E-state index in [9.17, 15) is 4.39 Å². The quantitative estimate of drug-likeness (QED) is 0.831. The van der Waals surface area contributed by atoms with Gasteiger partial charge >= 0.3 is 0 Å². The van der Waals surface area contributed by atoms with Gasteiger partial charge in [0.05, 0.1) is 0 Å². The molecule has 0 fully saturated rings. The Kier molecular flexibility index (Phi) is 4.79. The van der Waals surface area contributed by atoms with E-state index in [0.717, 1.165) is 24.0 Å². The standard InChI is InChI=1S/C19H24FN/c1-4-19(5-2,16-9-7-6-8-10-16)18(21)15-11-14(3)12-17(20)13-15/h6-13,18H,4-5,21H2,1-3H3. The highest BCUT2D eigenvalue weighted by molar-refractivity contribution is 5.35. The Balaban J connectivity index is 2.51. The smallest absolute Gasteiger partial charge is 0.123 e. The van der Waals surface area contributed by atoms with E-state index in [2.05, 4.69) is 26.0 Å². The van der Waals surface area contributed by atoms with Crippen molar-refractivity contribution < 1.29 is 4.39 Å². The lowest BCUT2D eigenvalue weighted by atomic mass is 9.68. The van der Waals surface area contributed by atoms with E-state index in [1.807, 2.05) is 31.2 Å². The average Bonchev–Trinajstić information content (AvgIpc) is 2.49. The van der Waals surface area contributed by atoms with Gasteiger partial charge in [0.25, 0.3) is 0 Å². The van der Waals surface area contributed by atoms with E-state index in [1.165, 1.54) is 11.6 Å². The lowest BCUT2D eigenvalue weighted by Crippen LogP contribution is -2.38. The van der Waals surface area contributed by atoms with Crippen LogP contribution in [0.2, 0.25) is 0 Å². The molecule has 0 bridgehead atoms. The Morgan fingerprint density at radius 3 is 2.19 bits per heavy atom. The summed E-state index contributed by atoms with van der Waals surface area (Å²) in [6, 6.07) is 15.2. The molecule has 0 amide bonds. The summed E-state index contributed by atoms with van der Waals surface area (Å²) >= 11 is 0. The maximum absolute atomic E-state index is 13.7. The van der Waals surface area contributed by atoms with Gasteiger partial charge in [-0.2, -0.15) is 0 Å². The van der Waals surface area contributed by atoms with Crippen LogP contribution in [-0.2, 0) is 5.41 Å². The molecule has 0 saturated heterocycles. The average molecular weight is 285 g/mol. The van der Waals surface area contributed by atoms with Crippen molar-refractivity contribution >= 4 is 0 Å². The molecule has 0 aliphatic carbocycles. The first-order valence-corrected chi connectivity index (χ1v) is 7.61. The summed E-state index contributed by atoms with van der Waals surface area (Å²) in [6.07, 6.45) is 1.84. The fourth-order valence-corrected chi connectivity index (χ4v) is 3.31. The predicted octanol–water partition coefficient (Wildman–Crippen LogP) is 4.89. The Labute approximate surface area is 127 Å². The summed E-state index contributed by atoms with van der Waals surface area (Å²) in [7, 11) is 0. The van der Waals surface area contributed by atoms with Gasteiger partial charge in [0, 0.05) is 11.5 Å². The van der Waals surface area contributed by atoms with Crippen LogP contribution in [0, 0.1) is 12.7 Å². The van der Waals surface area contributed by atoms with Crippen molar-refractivity contribution in [2.45, 2.75) is 45.1 Å². The summed E-state index contributed by atoms with van der Waals surface area (Å²) in [6.45, 7) is 6.21. The van der Waals surface area contributed by atoms with Gasteiger partial charge in [-0.15, -0.1) is 0 Å². The first-order valence-electron chi connectivity index (χ1n) is 7.61. The molecule has 0 heterocycles. The fraction of sp³-hybridized carbons (Fsp3) is 0.368. The van der Waals surface area contributed by atoms with Crippen LogP contribution in [0.5, 0.6) is 0 Å². The monoisotopic (exact) mass is 285 g/mol. The van der Waals surface area contributed by atoms with E-state index in [4.69, 9.17) is 5.73 Å². The fourth-order valence-electron chi connectivity index (χ4n) is 3.31. The summed E-state index contributed by atoms with van der Waals surface area (Å²) < 4.78 is 13.7. The molecule has 2 aromatic carbocycles. The maximum Gasteiger partial charge on any atom is 0.123 e. The third-order valence-electron chi connectivity index (χ3n) is 4.63. The minimum Gasteiger partial charge on any atom is -0.323 e. The van der Waals surface area contributed by atoms with Crippen molar-refractivity contribution in [2.75, 3.05) is 0 Å². The molecule has 1 atom stereocenters. The maximum atomic E-state index is 13.7. The molecule has 0 aliphatic rings. The van der Waals surface area contributed by atoms with Crippen LogP contribution in [0.1, 0.15) is 49.4 Å². The minimum absolute atomic E-state index is 0.165. The molecule has 112 valence electrons. The number of benzene rings is 2. The van der Waals surface area contributed by atoms with Gasteiger partial charge in [-0.1, -0.05) is 50.2 Å². The third-order valence-corrected chi connectivity index (χ3v) is 4.63. The predicted molar refractivity (Wildman–Crippen MR) is 86.8 cm³/mol. The van der Waals surface area contributed by atoms with Crippen molar-refractivity contribution in [1.29, 1.82) is 0 Å². The normalized spacial score (nSPS) is 13.2. The highest BCUT2D eigenvalue weighted by Crippen LogP contribution is 2.41. The number of rotatable bonds is 5. The lowest BCUT2D eigenvalue weighted by molar-refractivity contribution is 0.321. The molecular formula is C19H24FN. The van der Waals surface area contributed by atoms with E-state index in [-0.39, 0.29) is 17.3 Å². The third kappa shape index (κ3) is 3.01. The zero-order chi connectivity index (χ0) is 15.5. The molecule has 2 heteroatoms. The van der Waals surface area contributed by atoms with Crippen molar-refractivity contribution in [3.63, 3.8) is 0 Å². The Hall–Kier alpha value is -1.67.